The van der Waals surface area contributed by atoms with E-state index < -0.39 is 24.5 Å². The topological polar surface area (TPSA) is 52.7 Å². The molecule has 0 spiro atoms. The van der Waals surface area contributed by atoms with Gasteiger partial charge < -0.3 is 10.2 Å². The number of nitrogens with one attached hydrogen (secondary N) is 1. The minimum absolute atomic E-state index is 0.0132. The summed E-state index contributed by atoms with van der Waals surface area (Å²) >= 11 is 5.89. The molecule has 2 amide bonds. The van der Waals surface area contributed by atoms with Crippen molar-refractivity contribution in [1.82, 2.24) is 15.1 Å². The second-order valence-electron chi connectivity index (χ2n) is 7.48. The van der Waals surface area contributed by atoms with Gasteiger partial charge in [0, 0.05) is 43.7 Å². The third-order valence-electron chi connectivity index (χ3n) is 5.21. The largest absolute Gasteiger partial charge is 0.406 e. The summed E-state index contributed by atoms with van der Waals surface area (Å²) in [6, 6.07) is 7.67. The Morgan fingerprint density at radius 3 is 2.43 bits per heavy atom. The molecule has 0 aromatic heterocycles. The molecule has 2 aliphatic heterocycles. The predicted molar refractivity (Wildman–Crippen MR) is 98.6 cm³/mol. The zero-order valence-electron chi connectivity index (χ0n) is 15.3. The number of likely N-dealkylation sites (tertiary alicyclic amines) is 2. The number of benzene rings is 1. The molecular formula is C19H23ClF3N3O2. The lowest BCUT2D eigenvalue weighted by molar-refractivity contribution is -0.157. The Bertz CT molecular complexity index is 703. The third kappa shape index (κ3) is 5.85. The van der Waals surface area contributed by atoms with Crippen LogP contribution >= 0.6 is 11.6 Å². The molecule has 154 valence electrons. The van der Waals surface area contributed by atoms with Gasteiger partial charge in [0.05, 0.1) is 5.92 Å². The number of alkyl halides is 3. The molecule has 2 fully saturated rings. The van der Waals surface area contributed by atoms with Crippen LogP contribution < -0.4 is 5.32 Å². The van der Waals surface area contributed by atoms with Crippen LogP contribution in [0.2, 0.25) is 5.02 Å². The standard InChI is InChI=1S/C19H23ClF3N3O2/c20-15-3-1-13(2-4-15)10-25-7-5-16(6-8-25)24-18(28)14-9-17(27)26(11-14)12-19(21,22)23/h1-4,14,16H,5-12H2,(H,24,28). The highest BCUT2D eigenvalue weighted by Gasteiger charge is 2.41. The van der Waals surface area contributed by atoms with Crippen molar-refractivity contribution in [2.75, 3.05) is 26.2 Å². The highest BCUT2D eigenvalue weighted by atomic mass is 35.5. The molecule has 1 aromatic rings. The lowest BCUT2D eigenvalue weighted by atomic mass is 10.0. The van der Waals surface area contributed by atoms with Crippen LogP contribution in [0.1, 0.15) is 24.8 Å². The van der Waals surface area contributed by atoms with Crippen molar-refractivity contribution in [3.05, 3.63) is 34.9 Å². The van der Waals surface area contributed by atoms with Crippen LogP contribution in [0.15, 0.2) is 24.3 Å². The predicted octanol–water partition coefficient (Wildman–Crippen LogP) is 2.83. The average Bonchev–Trinajstić information content (AvgIpc) is 2.98. The average molecular weight is 418 g/mol. The Morgan fingerprint density at radius 2 is 1.82 bits per heavy atom. The van der Waals surface area contributed by atoms with Crippen LogP contribution in [0.3, 0.4) is 0 Å². The SMILES string of the molecule is O=C(NC1CCN(Cc2ccc(Cl)cc2)CC1)C1CC(=O)N(CC(F)(F)F)C1. The summed E-state index contributed by atoms with van der Waals surface area (Å²) in [5, 5.41) is 3.61. The first kappa shape index (κ1) is 20.9. The van der Waals surface area contributed by atoms with Crippen LogP contribution in [0.5, 0.6) is 0 Å². The van der Waals surface area contributed by atoms with Crippen LogP contribution in [0.25, 0.3) is 0 Å². The van der Waals surface area contributed by atoms with E-state index in [1.165, 1.54) is 5.56 Å². The number of hydrogen-bond donors (Lipinski definition) is 1. The van der Waals surface area contributed by atoms with Gasteiger partial charge in [0.15, 0.2) is 0 Å². The zero-order chi connectivity index (χ0) is 20.3. The maximum atomic E-state index is 12.5. The number of carbonyl (C=O) groups excluding carboxylic acids is 2. The lowest BCUT2D eigenvalue weighted by Gasteiger charge is -2.32. The fourth-order valence-electron chi connectivity index (χ4n) is 3.72. The number of rotatable bonds is 5. The number of hydrogen-bond acceptors (Lipinski definition) is 3. The van der Waals surface area contributed by atoms with Gasteiger partial charge in [-0.2, -0.15) is 13.2 Å². The van der Waals surface area contributed by atoms with E-state index in [1.54, 1.807) is 0 Å². The molecule has 9 heteroatoms. The van der Waals surface area contributed by atoms with Gasteiger partial charge >= 0.3 is 6.18 Å². The summed E-state index contributed by atoms with van der Waals surface area (Å²) in [6.45, 7) is 0.981. The van der Waals surface area contributed by atoms with E-state index >= 15 is 0 Å². The van der Waals surface area contributed by atoms with Crippen molar-refractivity contribution in [3.8, 4) is 0 Å². The van der Waals surface area contributed by atoms with E-state index in [-0.39, 0.29) is 24.9 Å². The van der Waals surface area contributed by atoms with Gasteiger partial charge in [-0.25, -0.2) is 0 Å². The van der Waals surface area contributed by atoms with E-state index in [2.05, 4.69) is 10.2 Å². The molecule has 1 aromatic carbocycles. The zero-order valence-corrected chi connectivity index (χ0v) is 16.1. The first-order valence-corrected chi connectivity index (χ1v) is 9.69. The van der Waals surface area contributed by atoms with Gasteiger partial charge in [-0.15, -0.1) is 0 Å². The minimum Gasteiger partial charge on any atom is -0.353 e. The Balaban J connectivity index is 1.42. The molecule has 2 aliphatic rings. The molecule has 2 heterocycles. The minimum atomic E-state index is -4.45. The highest BCUT2D eigenvalue weighted by Crippen LogP contribution is 2.24. The van der Waals surface area contributed by atoms with Gasteiger partial charge in [-0.1, -0.05) is 23.7 Å². The van der Waals surface area contributed by atoms with Crippen molar-refractivity contribution >= 4 is 23.4 Å². The van der Waals surface area contributed by atoms with Crippen LogP contribution in [-0.2, 0) is 16.1 Å². The van der Waals surface area contributed by atoms with Crippen LogP contribution in [0, 0.1) is 5.92 Å². The molecule has 3 rings (SSSR count). The lowest BCUT2D eigenvalue weighted by Crippen LogP contribution is -2.46. The monoisotopic (exact) mass is 417 g/mol. The van der Waals surface area contributed by atoms with E-state index in [9.17, 15) is 22.8 Å². The smallest absolute Gasteiger partial charge is 0.353 e. The summed E-state index contributed by atoms with van der Waals surface area (Å²) in [6.07, 6.45) is -3.06. The maximum absolute atomic E-state index is 12.5. The molecule has 1 atom stereocenters. The van der Waals surface area contributed by atoms with Gasteiger partial charge in [0.2, 0.25) is 11.8 Å². The van der Waals surface area contributed by atoms with Crippen molar-refractivity contribution in [2.24, 2.45) is 5.92 Å². The number of carbonyl (C=O) groups is 2. The summed E-state index contributed by atoms with van der Waals surface area (Å²) in [5.41, 5.74) is 1.17. The molecule has 0 bridgehead atoms. The van der Waals surface area contributed by atoms with E-state index in [0.29, 0.717) is 5.02 Å². The molecule has 0 radical (unpaired) electrons. The van der Waals surface area contributed by atoms with Crippen molar-refractivity contribution < 1.29 is 22.8 Å². The fraction of sp³-hybridized carbons (Fsp3) is 0.579. The number of amides is 2. The molecule has 28 heavy (non-hydrogen) atoms. The Kier molecular flexibility index (Phi) is 6.50. The molecule has 1 unspecified atom stereocenters. The number of nitrogens with zero attached hydrogens (tertiary/aromatic N) is 2. The van der Waals surface area contributed by atoms with Crippen LogP contribution in [-0.4, -0.2) is 60.0 Å². The van der Waals surface area contributed by atoms with Gasteiger partial charge in [-0.3, -0.25) is 14.5 Å². The number of piperidine rings is 1. The molecule has 1 N–H and O–H groups in total. The Morgan fingerprint density at radius 1 is 1.18 bits per heavy atom. The quantitative estimate of drug-likeness (QED) is 0.801. The van der Waals surface area contributed by atoms with Crippen LogP contribution in [0.4, 0.5) is 13.2 Å². The van der Waals surface area contributed by atoms with Crippen molar-refractivity contribution in [3.63, 3.8) is 0 Å². The fourth-order valence-corrected chi connectivity index (χ4v) is 3.85. The Labute approximate surface area is 166 Å². The van der Waals surface area contributed by atoms with Crippen molar-refractivity contribution in [2.45, 2.75) is 38.0 Å². The molecule has 2 saturated heterocycles. The summed E-state index contributed by atoms with van der Waals surface area (Å²) in [7, 11) is 0. The molecular weight excluding hydrogens is 395 g/mol. The summed E-state index contributed by atoms with van der Waals surface area (Å²) in [4.78, 5) is 27.1. The van der Waals surface area contributed by atoms with Crippen molar-refractivity contribution in [1.29, 1.82) is 0 Å². The van der Waals surface area contributed by atoms with E-state index in [4.69, 9.17) is 11.6 Å². The second kappa shape index (κ2) is 8.69. The summed E-state index contributed by atoms with van der Waals surface area (Å²) in [5.74, 6) is -1.65. The van der Waals surface area contributed by atoms with E-state index in [0.717, 1.165) is 37.4 Å². The normalized spacial score (nSPS) is 21.9. The summed E-state index contributed by atoms with van der Waals surface area (Å²) < 4.78 is 37.5. The molecule has 5 nitrogen and oxygen atoms in total. The van der Waals surface area contributed by atoms with E-state index in [1.807, 2.05) is 24.3 Å². The van der Waals surface area contributed by atoms with Gasteiger partial charge in [-0.05, 0) is 30.5 Å². The third-order valence-corrected chi connectivity index (χ3v) is 5.46. The first-order chi connectivity index (χ1) is 13.2. The van der Waals surface area contributed by atoms with Gasteiger partial charge in [0.1, 0.15) is 6.54 Å². The highest BCUT2D eigenvalue weighted by molar-refractivity contribution is 6.30. The maximum Gasteiger partial charge on any atom is 0.406 e. The molecule has 0 saturated carbocycles. The van der Waals surface area contributed by atoms with Gasteiger partial charge in [0.25, 0.3) is 0 Å². The first-order valence-electron chi connectivity index (χ1n) is 9.31. The number of halogens is 4. The molecule has 0 aliphatic carbocycles. The Hall–Kier alpha value is -1.80. The second-order valence-corrected chi connectivity index (χ2v) is 7.91.